The summed E-state index contributed by atoms with van der Waals surface area (Å²) in [7, 11) is 1.40. The van der Waals surface area contributed by atoms with E-state index in [0.717, 1.165) is 6.42 Å². The average Bonchev–Trinajstić information content (AvgIpc) is 2.36. The molecule has 0 aliphatic rings. The Balaban J connectivity index is 2.46. The minimum absolute atomic E-state index is 0.230. The van der Waals surface area contributed by atoms with Crippen molar-refractivity contribution < 1.29 is 9.53 Å². The number of carbonyl (C=O) groups excluding carboxylic acids is 1. The molecular weight excluding hydrogens is 226 g/mol. The lowest BCUT2D eigenvalue weighted by Gasteiger charge is -2.12. The molecule has 0 spiro atoms. The summed E-state index contributed by atoms with van der Waals surface area (Å²) in [6.45, 7) is 6.91. The van der Waals surface area contributed by atoms with Gasteiger partial charge in [0.05, 0.1) is 7.11 Å². The Morgan fingerprint density at radius 2 is 1.72 bits per heavy atom. The fourth-order valence-corrected chi connectivity index (χ4v) is 1.80. The summed E-state index contributed by atoms with van der Waals surface area (Å²) >= 11 is 0. The Hall–Kier alpha value is -1.35. The van der Waals surface area contributed by atoms with Crippen molar-refractivity contribution in [3.63, 3.8) is 0 Å². The van der Waals surface area contributed by atoms with Crippen molar-refractivity contribution in [3.8, 4) is 0 Å². The number of ether oxygens (including phenoxy) is 1. The first-order valence-electron chi connectivity index (χ1n) is 6.42. The number of carbonyl (C=O) groups is 1. The Kier molecular flexibility index (Phi) is 5.86. The first-order chi connectivity index (χ1) is 8.52. The molecule has 0 bridgehead atoms. The van der Waals surface area contributed by atoms with Crippen LogP contribution in [0, 0.1) is 5.92 Å². The Labute approximate surface area is 110 Å². The van der Waals surface area contributed by atoms with E-state index in [4.69, 9.17) is 0 Å². The maximum atomic E-state index is 11.2. The minimum atomic E-state index is -0.273. The molecule has 0 unspecified atom stereocenters. The highest BCUT2D eigenvalue weighted by Gasteiger charge is 2.11. The number of esters is 1. The van der Waals surface area contributed by atoms with E-state index in [1.165, 1.54) is 18.2 Å². The molecule has 1 aromatic rings. The lowest BCUT2D eigenvalue weighted by molar-refractivity contribution is -0.142. The van der Waals surface area contributed by atoms with Gasteiger partial charge in [-0.2, -0.15) is 0 Å². The molecule has 0 heterocycles. The van der Waals surface area contributed by atoms with Crippen LogP contribution in [0.15, 0.2) is 24.3 Å². The normalized spacial score (nSPS) is 12.5. The van der Waals surface area contributed by atoms with Gasteiger partial charge >= 0.3 is 5.97 Å². The van der Waals surface area contributed by atoms with Crippen molar-refractivity contribution in [1.29, 1.82) is 0 Å². The van der Waals surface area contributed by atoms with E-state index in [1.807, 2.05) is 0 Å². The first-order valence-corrected chi connectivity index (χ1v) is 6.42. The largest absolute Gasteiger partial charge is 0.468 e. The molecule has 0 aliphatic heterocycles. The molecule has 1 aromatic carbocycles. The topological polar surface area (TPSA) is 38.3 Å². The molecule has 0 radical (unpaired) electrons. The summed E-state index contributed by atoms with van der Waals surface area (Å²) in [6, 6.07) is 8.24. The molecule has 18 heavy (non-hydrogen) atoms. The highest BCUT2D eigenvalue weighted by molar-refractivity contribution is 5.75. The van der Waals surface area contributed by atoms with E-state index < -0.39 is 0 Å². The molecule has 100 valence electrons. The van der Waals surface area contributed by atoms with Crippen molar-refractivity contribution in [2.75, 3.05) is 7.11 Å². The molecule has 1 rings (SSSR count). The molecule has 0 aromatic heterocycles. The van der Waals surface area contributed by atoms with E-state index in [9.17, 15) is 4.79 Å². The van der Waals surface area contributed by atoms with Crippen LogP contribution in [-0.2, 0) is 22.5 Å². The van der Waals surface area contributed by atoms with Gasteiger partial charge in [0.25, 0.3) is 0 Å². The van der Waals surface area contributed by atoms with Gasteiger partial charge in [-0.1, -0.05) is 38.1 Å². The van der Waals surface area contributed by atoms with E-state index in [0.29, 0.717) is 12.5 Å². The van der Waals surface area contributed by atoms with Gasteiger partial charge in [0.2, 0.25) is 0 Å². The molecule has 3 nitrogen and oxygen atoms in total. The van der Waals surface area contributed by atoms with Gasteiger partial charge in [-0.3, -0.25) is 4.79 Å². The second-order valence-corrected chi connectivity index (χ2v) is 5.04. The average molecular weight is 249 g/mol. The maximum absolute atomic E-state index is 11.2. The summed E-state index contributed by atoms with van der Waals surface area (Å²) in [6.07, 6.45) is 1.10. The highest BCUT2D eigenvalue weighted by atomic mass is 16.5. The van der Waals surface area contributed by atoms with Crippen molar-refractivity contribution in [2.24, 2.45) is 5.92 Å². The molecule has 3 heteroatoms. The summed E-state index contributed by atoms with van der Waals surface area (Å²) in [4.78, 5) is 11.2. The summed E-state index contributed by atoms with van der Waals surface area (Å²) in [5.74, 6) is 0.444. The number of nitrogens with one attached hydrogen (secondary N) is 1. The van der Waals surface area contributed by atoms with Gasteiger partial charge in [-0.05, 0) is 30.4 Å². The number of hydrogen-bond acceptors (Lipinski definition) is 3. The fraction of sp³-hybridized carbons (Fsp3) is 0.533. The molecule has 1 N–H and O–H groups in total. The summed E-state index contributed by atoms with van der Waals surface area (Å²) in [5.41, 5.74) is 2.54. The molecule has 0 saturated carbocycles. The molecule has 1 atom stereocenters. The van der Waals surface area contributed by atoms with E-state index in [2.05, 4.69) is 48.2 Å². The zero-order chi connectivity index (χ0) is 13.5. The maximum Gasteiger partial charge on any atom is 0.322 e. The van der Waals surface area contributed by atoms with Gasteiger partial charge in [0, 0.05) is 6.54 Å². The Morgan fingerprint density at radius 3 is 2.22 bits per heavy atom. The number of benzene rings is 1. The van der Waals surface area contributed by atoms with E-state index >= 15 is 0 Å². The monoisotopic (exact) mass is 249 g/mol. The second-order valence-electron chi connectivity index (χ2n) is 5.04. The van der Waals surface area contributed by atoms with Crippen molar-refractivity contribution in [3.05, 3.63) is 35.4 Å². The third-order valence-corrected chi connectivity index (χ3v) is 2.83. The zero-order valence-electron chi connectivity index (χ0n) is 11.7. The van der Waals surface area contributed by atoms with Crippen LogP contribution in [0.1, 0.15) is 31.9 Å². The predicted octanol–water partition coefficient (Wildman–Crippen LogP) is 2.54. The summed E-state index contributed by atoms with van der Waals surface area (Å²) < 4.78 is 4.66. The van der Waals surface area contributed by atoms with E-state index in [-0.39, 0.29) is 12.0 Å². The zero-order valence-corrected chi connectivity index (χ0v) is 11.7. The van der Waals surface area contributed by atoms with Crippen molar-refractivity contribution >= 4 is 5.97 Å². The predicted molar refractivity (Wildman–Crippen MR) is 73.3 cm³/mol. The van der Waals surface area contributed by atoms with E-state index in [1.54, 1.807) is 6.92 Å². The van der Waals surface area contributed by atoms with Crippen LogP contribution in [0.3, 0.4) is 0 Å². The van der Waals surface area contributed by atoms with Crippen LogP contribution in [0.2, 0.25) is 0 Å². The number of hydrogen-bond donors (Lipinski definition) is 1. The smallest absolute Gasteiger partial charge is 0.322 e. The van der Waals surface area contributed by atoms with Crippen LogP contribution in [0.5, 0.6) is 0 Å². The third kappa shape index (κ3) is 4.88. The van der Waals surface area contributed by atoms with Crippen LogP contribution in [0.25, 0.3) is 0 Å². The van der Waals surface area contributed by atoms with Crippen LogP contribution in [0.4, 0.5) is 0 Å². The SMILES string of the molecule is COC(=O)[C@@H](C)NCc1ccc(CC(C)C)cc1. The van der Waals surface area contributed by atoms with Gasteiger partial charge < -0.3 is 10.1 Å². The molecule has 0 amide bonds. The van der Waals surface area contributed by atoms with Gasteiger partial charge in [-0.25, -0.2) is 0 Å². The standard InChI is InChI=1S/C15H23NO2/c1-11(2)9-13-5-7-14(8-6-13)10-16-12(3)15(17)18-4/h5-8,11-12,16H,9-10H2,1-4H3/t12-/m1/s1. The lowest BCUT2D eigenvalue weighted by Crippen LogP contribution is -2.34. The van der Waals surface area contributed by atoms with Crippen molar-refractivity contribution in [1.82, 2.24) is 5.32 Å². The molecular formula is C15H23NO2. The van der Waals surface area contributed by atoms with Crippen LogP contribution < -0.4 is 5.32 Å². The molecule has 0 fully saturated rings. The Morgan fingerprint density at radius 1 is 1.17 bits per heavy atom. The fourth-order valence-electron chi connectivity index (χ4n) is 1.80. The molecule has 0 aliphatic carbocycles. The van der Waals surface area contributed by atoms with Gasteiger partial charge in [0.1, 0.15) is 6.04 Å². The van der Waals surface area contributed by atoms with Crippen LogP contribution in [-0.4, -0.2) is 19.1 Å². The third-order valence-electron chi connectivity index (χ3n) is 2.83. The van der Waals surface area contributed by atoms with Crippen LogP contribution >= 0.6 is 0 Å². The minimum Gasteiger partial charge on any atom is -0.468 e. The van der Waals surface area contributed by atoms with Gasteiger partial charge in [0.15, 0.2) is 0 Å². The Bertz CT molecular complexity index is 371. The quantitative estimate of drug-likeness (QED) is 0.787. The number of rotatable bonds is 6. The van der Waals surface area contributed by atoms with Gasteiger partial charge in [-0.15, -0.1) is 0 Å². The lowest BCUT2D eigenvalue weighted by atomic mass is 10.0. The first kappa shape index (κ1) is 14.7. The van der Waals surface area contributed by atoms with Crippen molar-refractivity contribution in [2.45, 2.75) is 39.8 Å². The second kappa shape index (κ2) is 7.17. The number of methoxy groups -OCH3 is 1. The molecule has 0 saturated heterocycles. The highest BCUT2D eigenvalue weighted by Crippen LogP contribution is 2.09. The summed E-state index contributed by atoms with van der Waals surface area (Å²) in [5, 5.41) is 3.14.